The van der Waals surface area contributed by atoms with Crippen molar-refractivity contribution in [3.8, 4) is 0 Å². The van der Waals surface area contributed by atoms with Gasteiger partial charge in [-0.05, 0) is 40.9 Å². The summed E-state index contributed by atoms with van der Waals surface area (Å²) in [5.41, 5.74) is 5.70. The first-order valence-corrected chi connectivity index (χ1v) is 8.37. The molecule has 6 heteroatoms. The van der Waals surface area contributed by atoms with E-state index in [0.717, 1.165) is 29.6 Å². The third-order valence-corrected chi connectivity index (χ3v) is 5.41. The first-order chi connectivity index (χ1) is 9.22. The summed E-state index contributed by atoms with van der Waals surface area (Å²) in [5.74, 6) is 1.06. The maximum Gasteiger partial charge on any atom is 0.223 e. The normalized spacial score (nSPS) is 17.9. The lowest BCUT2D eigenvalue weighted by Crippen LogP contribution is -2.40. The number of nitrogens with two attached hydrogens (primary N) is 1. The number of carbonyl (C=O) groups is 1. The Labute approximate surface area is 139 Å². The molecule has 0 aromatic heterocycles. The van der Waals surface area contributed by atoms with E-state index in [-0.39, 0.29) is 24.4 Å². The number of thioether (sulfide) groups is 1. The number of hydrogen-bond acceptors (Lipinski definition) is 3. The second-order valence-corrected chi connectivity index (χ2v) is 6.64. The van der Waals surface area contributed by atoms with Gasteiger partial charge < -0.3 is 10.6 Å². The van der Waals surface area contributed by atoms with Crippen LogP contribution in [0.15, 0.2) is 33.6 Å². The number of amides is 1. The number of likely N-dealkylation sites (tertiary alicyclic amines) is 1. The molecule has 0 radical (unpaired) electrons. The van der Waals surface area contributed by atoms with Gasteiger partial charge in [-0.15, -0.1) is 24.2 Å². The molecule has 1 aromatic rings. The summed E-state index contributed by atoms with van der Waals surface area (Å²) < 4.78 is 1.09. The van der Waals surface area contributed by atoms with Crippen LogP contribution in [-0.4, -0.2) is 35.7 Å². The highest BCUT2D eigenvalue weighted by molar-refractivity contribution is 9.10. The van der Waals surface area contributed by atoms with E-state index >= 15 is 0 Å². The Morgan fingerprint density at radius 2 is 2.20 bits per heavy atom. The van der Waals surface area contributed by atoms with Crippen LogP contribution in [0.25, 0.3) is 0 Å². The molecule has 2 rings (SSSR count). The summed E-state index contributed by atoms with van der Waals surface area (Å²) in [4.78, 5) is 15.3. The highest BCUT2D eigenvalue weighted by Gasteiger charge is 2.26. The SMILES string of the molecule is Cl.NCC1CCCN1C(=O)CCSc1ccccc1Br. The Balaban J connectivity index is 0.00000200. The van der Waals surface area contributed by atoms with Gasteiger partial charge in [0.1, 0.15) is 0 Å². The van der Waals surface area contributed by atoms with Crippen LogP contribution in [0.5, 0.6) is 0 Å². The molecule has 0 spiro atoms. The van der Waals surface area contributed by atoms with Crippen molar-refractivity contribution in [3.63, 3.8) is 0 Å². The van der Waals surface area contributed by atoms with Crippen molar-refractivity contribution in [1.29, 1.82) is 0 Å². The Morgan fingerprint density at radius 3 is 2.90 bits per heavy atom. The van der Waals surface area contributed by atoms with E-state index in [0.29, 0.717) is 13.0 Å². The molecule has 1 heterocycles. The molecule has 1 aromatic carbocycles. The van der Waals surface area contributed by atoms with Crippen LogP contribution in [0.4, 0.5) is 0 Å². The molecule has 1 saturated heterocycles. The molecular weight excluding hydrogens is 360 g/mol. The topological polar surface area (TPSA) is 46.3 Å². The number of carbonyl (C=O) groups excluding carboxylic acids is 1. The molecule has 1 atom stereocenters. The van der Waals surface area contributed by atoms with Crippen LogP contribution in [0.2, 0.25) is 0 Å². The first-order valence-electron chi connectivity index (χ1n) is 6.59. The summed E-state index contributed by atoms with van der Waals surface area (Å²) in [7, 11) is 0. The van der Waals surface area contributed by atoms with E-state index in [1.165, 1.54) is 4.90 Å². The second-order valence-electron chi connectivity index (χ2n) is 4.65. The van der Waals surface area contributed by atoms with Crippen molar-refractivity contribution in [2.75, 3.05) is 18.8 Å². The minimum atomic E-state index is 0. The van der Waals surface area contributed by atoms with Crippen LogP contribution in [0.3, 0.4) is 0 Å². The third kappa shape index (κ3) is 4.65. The van der Waals surface area contributed by atoms with Gasteiger partial charge in [0, 0.05) is 40.7 Å². The number of nitrogens with zero attached hydrogens (tertiary/aromatic N) is 1. The first kappa shape index (κ1) is 17.8. The zero-order chi connectivity index (χ0) is 13.7. The van der Waals surface area contributed by atoms with Crippen molar-refractivity contribution in [2.24, 2.45) is 5.73 Å². The maximum absolute atomic E-state index is 12.1. The lowest BCUT2D eigenvalue weighted by molar-refractivity contribution is -0.131. The predicted octanol–water partition coefficient (Wildman–Crippen LogP) is 3.30. The van der Waals surface area contributed by atoms with Gasteiger partial charge in [0.2, 0.25) is 5.91 Å². The Morgan fingerprint density at radius 1 is 1.45 bits per heavy atom. The van der Waals surface area contributed by atoms with E-state index in [1.54, 1.807) is 11.8 Å². The highest BCUT2D eigenvalue weighted by Crippen LogP contribution is 2.28. The molecule has 20 heavy (non-hydrogen) atoms. The molecule has 3 nitrogen and oxygen atoms in total. The largest absolute Gasteiger partial charge is 0.338 e. The minimum absolute atomic E-state index is 0. The number of halogens is 2. The average Bonchev–Trinajstić information content (AvgIpc) is 2.89. The number of hydrogen-bond donors (Lipinski definition) is 1. The molecule has 0 aliphatic carbocycles. The smallest absolute Gasteiger partial charge is 0.223 e. The van der Waals surface area contributed by atoms with Crippen LogP contribution in [0.1, 0.15) is 19.3 Å². The molecule has 1 aliphatic heterocycles. The fraction of sp³-hybridized carbons (Fsp3) is 0.500. The molecule has 112 valence electrons. The highest BCUT2D eigenvalue weighted by atomic mass is 79.9. The van der Waals surface area contributed by atoms with Crippen molar-refractivity contribution in [3.05, 3.63) is 28.7 Å². The van der Waals surface area contributed by atoms with Crippen molar-refractivity contribution < 1.29 is 4.79 Å². The number of rotatable bonds is 5. The van der Waals surface area contributed by atoms with Crippen molar-refractivity contribution in [1.82, 2.24) is 4.90 Å². The summed E-state index contributed by atoms with van der Waals surface area (Å²) in [6, 6.07) is 8.36. The number of benzene rings is 1. The quantitative estimate of drug-likeness (QED) is 0.798. The molecular formula is C14H20BrClN2OS. The summed E-state index contributed by atoms with van der Waals surface area (Å²) in [6.07, 6.45) is 2.73. The van der Waals surface area contributed by atoms with Gasteiger partial charge in [-0.2, -0.15) is 0 Å². The second kappa shape index (κ2) is 8.93. The van der Waals surface area contributed by atoms with Gasteiger partial charge in [0.15, 0.2) is 0 Å². The fourth-order valence-electron chi connectivity index (χ4n) is 2.36. The molecule has 1 amide bonds. The average molecular weight is 380 g/mol. The van der Waals surface area contributed by atoms with E-state index in [4.69, 9.17) is 5.73 Å². The maximum atomic E-state index is 12.1. The van der Waals surface area contributed by atoms with E-state index in [1.807, 2.05) is 23.1 Å². The van der Waals surface area contributed by atoms with E-state index in [2.05, 4.69) is 22.0 Å². The third-order valence-electron chi connectivity index (χ3n) is 3.38. The van der Waals surface area contributed by atoms with Crippen LogP contribution < -0.4 is 5.73 Å². The summed E-state index contributed by atoms with van der Waals surface area (Å²) in [6.45, 7) is 1.46. The van der Waals surface area contributed by atoms with E-state index in [9.17, 15) is 4.79 Å². The van der Waals surface area contributed by atoms with Crippen LogP contribution in [-0.2, 0) is 4.79 Å². The van der Waals surface area contributed by atoms with Gasteiger partial charge in [-0.25, -0.2) is 0 Å². The Hall–Kier alpha value is -0.230. The van der Waals surface area contributed by atoms with E-state index < -0.39 is 0 Å². The molecule has 1 aliphatic rings. The lowest BCUT2D eigenvalue weighted by atomic mass is 10.2. The molecule has 0 bridgehead atoms. The molecule has 0 saturated carbocycles. The zero-order valence-electron chi connectivity index (χ0n) is 11.3. The van der Waals surface area contributed by atoms with Crippen molar-refractivity contribution in [2.45, 2.75) is 30.2 Å². The predicted molar refractivity (Wildman–Crippen MR) is 90.5 cm³/mol. The standard InChI is InChI=1S/C14H19BrN2OS.ClH/c15-12-5-1-2-6-13(12)19-9-7-14(18)17-8-3-4-11(17)10-16;/h1-2,5-6,11H,3-4,7-10,16H2;1H. The lowest BCUT2D eigenvalue weighted by Gasteiger charge is -2.23. The minimum Gasteiger partial charge on any atom is -0.338 e. The van der Waals surface area contributed by atoms with Gasteiger partial charge >= 0.3 is 0 Å². The van der Waals surface area contributed by atoms with Crippen LogP contribution >= 0.6 is 40.1 Å². The van der Waals surface area contributed by atoms with Gasteiger partial charge in [-0.1, -0.05) is 12.1 Å². The van der Waals surface area contributed by atoms with Crippen LogP contribution in [0, 0.1) is 0 Å². The van der Waals surface area contributed by atoms with Gasteiger partial charge in [0.25, 0.3) is 0 Å². The molecule has 2 N–H and O–H groups in total. The Bertz CT molecular complexity index is 447. The van der Waals surface area contributed by atoms with Gasteiger partial charge in [-0.3, -0.25) is 4.79 Å². The van der Waals surface area contributed by atoms with Crippen molar-refractivity contribution >= 4 is 46.0 Å². The monoisotopic (exact) mass is 378 g/mol. The fourth-order valence-corrected chi connectivity index (χ4v) is 3.87. The Kier molecular flexibility index (Phi) is 7.95. The summed E-state index contributed by atoms with van der Waals surface area (Å²) in [5, 5.41) is 0. The van der Waals surface area contributed by atoms with Gasteiger partial charge in [0.05, 0.1) is 0 Å². The molecule has 1 fully saturated rings. The molecule has 1 unspecified atom stereocenters. The zero-order valence-corrected chi connectivity index (χ0v) is 14.5. The summed E-state index contributed by atoms with van der Waals surface area (Å²) >= 11 is 5.24.